The van der Waals surface area contributed by atoms with Crippen LogP contribution in [0.25, 0.3) is 0 Å². The SMILES string of the molecule is Cc1ccc(CN2CCCN(C(=O)c3ccc(S(=O)(=O)Nc4ccccc4)cc3)CC2)cc1. The number of nitrogens with one attached hydrogen (secondary N) is 1. The summed E-state index contributed by atoms with van der Waals surface area (Å²) >= 11 is 0. The Morgan fingerprint density at radius 1 is 0.848 bits per heavy atom. The molecule has 0 unspecified atom stereocenters. The zero-order chi connectivity index (χ0) is 23.3. The minimum atomic E-state index is -3.71. The maximum absolute atomic E-state index is 13.0. The third-order valence-electron chi connectivity index (χ3n) is 5.84. The predicted octanol–water partition coefficient (Wildman–Crippen LogP) is 4.14. The van der Waals surface area contributed by atoms with Gasteiger partial charge in [-0.15, -0.1) is 0 Å². The van der Waals surface area contributed by atoms with E-state index in [4.69, 9.17) is 0 Å². The fraction of sp³-hybridized carbons (Fsp3) is 0.269. The van der Waals surface area contributed by atoms with E-state index in [1.165, 1.54) is 23.3 Å². The number of nitrogens with zero attached hydrogens (tertiary/aromatic N) is 2. The van der Waals surface area contributed by atoms with E-state index in [0.29, 0.717) is 24.3 Å². The molecule has 0 atom stereocenters. The zero-order valence-electron chi connectivity index (χ0n) is 18.8. The first kappa shape index (κ1) is 23.0. The molecule has 3 aromatic rings. The highest BCUT2D eigenvalue weighted by Gasteiger charge is 2.21. The maximum atomic E-state index is 13.0. The molecule has 6 nitrogen and oxygen atoms in total. The molecule has 0 aromatic heterocycles. The first-order valence-corrected chi connectivity index (χ1v) is 12.6. The molecule has 1 fully saturated rings. The van der Waals surface area contributed by atoms with Crippen LogP contribution in [0.2, 0.25) is 0 Å². The van der Waals surface area contributed by atoms with Crippen LogP contribution < -0.4 is 4.72 Å². The topological polar surface area (TPSA) is 69.7 Å². The first-order chi connectivity index (χ1) is 15.9. The van der Waals surface area contributed by atoms with E-state index in [9.17, 15) is 13.2 Å². The van der Waals surface area contributed by atoms with Crippen LogP contribution in [-0.2, 0) is 16.6 Å². The Morgan fingerprint density at radius 2 is 1.55 bits per heavy atom. The summed E-state index contributed by atoms with van der Waals surface area (Å²) in [4.78, 5) is 17.4. The molecule has 3 aromatic carbocycles. The van der Waals surface area contributed by atoms with Gasteiger partial charge in [-0.1, -0.05) is 48.0 Å². The van der Waals surface area contributed by atoms with Gasteiger partial charge in [-0.3, -0.25) is 14.4 Å². The van der Waals surface area contributed by atoms with Crippen molar-refractivity contribution in [1.29, 1.82) is 0 Å². The summed E-state index contributed by atoms with van der Waals surface area (Å²) in [6, 6.07) is 23.5. The largest absolute Gasteiger partial charge is 0.337 e. The molecule has 0 saturated carbocycles. The summed E-state index contributed by atoms with van der Waals surface area (Å²) in [5.41, 5.74) is 3.53. The lowest BCUT2D eigenvalue weighted by atomic mass is 10.1. The lowest BCUT2D eigenvalue weighted by Crippen LogP contribution is -2.35. The number of carbonyl (C=O) groups excluding carboxylic acids is 1. The predicted molar refractivity (Wildman–Crippen MR) is 131 cm³/mol. The smallest absolute Gasteiger partial charge is 0.261 e. The summed E-state index contributed by atoms with van der Waals surface area (Å²) in [5.74, 6) is -0.0628. The van der Waals surface area contributed by atoms with E-state index in [0.717, 1.165) is 26.1 Å². The highest BCUT2D eigenvalue weighted by atomic mass is 32.2. The van der Waals surface area contributed by atoms with Crippen molar-refractivity contribution in [2.75, 3.05) is 30.9 Å². The van der Waals surface area contributed by atoms with E-state index in [1.807, 2.05) is 11.0 Å². The molecule has 33 heavy (non-hydrogen) atoms. The Morgan fingerprint density at radius 3 is 2.24 bits per heavy atom. The highest BCUT2D eigenvalue weighted by molar-refractivity contribution is 7.92. The standard InChI is InChI=1S/C26H29N3O3S/c1-21-8-10-22(11-9-21)20-28-16-5-17-29(19-18-28)26(30)23-12-14-25(15-13-23)33(31,32)27-24-6-3-2-4-7-24/h2-4,6-15,27H,5,16-20H2,1H3. The lowest BCUT2D eigenvalue weighted by molar-refractivity contribution is 0.0761. The molecule has 1 aliphatic rings. The summed E-state index contributed by atoms with van der Waals surface area (Å²) in [6.07, 6.45) is 0.908. The molecule has 1 saturated heterocycles. The van der Waals surface area contributed by atoms with Gasteiger partial charge in [-0.05, 0) is 55.3 Å². The maximum Gasteiger partial charge on any atom is 0.261 e. The Balaban J connectivity index is 1.37. The summed E-state index contributed by atoms with van der Waals surface area (Å²) in [5, 5.41) is 0. The van der Waals surface area contributed by atoms with Gasteiger partial charge in [0.2, 0.25) is 0 Å². The second-order valence-corrected chi connectivity index (χ2v) is 10.1. The van der Waals surface area contributed by atoms with Gasteiger partial charge < -0.3 is 4.90 Å². The van der Waals surface area contributed by atoms with E-state index < -0.39 is 10.0 Å². The van der Waals surface area contributed by atoms with Crippen molar-refractivity contribution in [3.63, 3.8) is 0 Å². The van der Waals surface area contributed by atoms with Gasteiger partial charge in [0.1, 0.15) is 0 Å². The minimum absolute atomic E-state index is 0.0628. The van der Waals surface area contributed by atoms with Crippen molar-refractivity contribution in [3.8, 4) is 0 Å². The normalized spacial score (nSPS) is 15.1. The number of hydrogen-bond acceptors (Lipinski definition) is 4. The van der Waals surface area contributed by atoms with Crippen LogP contribution >= 0.6 is 0 Å². The lowest BCUT2D eigenvalue weighted by Gasteiger charge is -2.22. The Bertz CT molecular complexity index is 1180. The second kappa shape index (κ2) is 10.2. The molecule has 7 heteroatoms. The molecular weight excluding hydrogens is 434 g/mol. The van der Waals surface area contributed by atoms with Gasteiger partial charge >= 0.3 is 0 Å². The van der Waals surface area contributed by atoms with Crippen LogP contribution in [0, 0.1) is 6.92 Å². The third kappa shape index (κ3) is 6.00. The van der Waals surface area contributed by atoms with Crippen LogP contribution in [0.4, 0.5) is 5.69 Å². The second-order valence-electron chi connectivity index (χ2n) is 8.40. The van der Waals surface area contributed by atoms with Crippen LogP contribution in [0.15, 0.2) is 83.8 Å². The molecule has 1 N–H and O–H groups in total. The average Bonchev–Trinajstić information content (AvgIpc) is 3.06. The summed E-state index contributed by atoms with van der Waals surface area (Å²) in [7, 11) is -3.71. The fourth-order valence-electron chi connectivity index (χ4n) is 3.96. The molecule has 1 heterocycles. The van der Waals surface area contributed by atoms with Gasteiger partial charge in [-0.2, -0.15) is 0 Å². The number of carbonyl (C=O) groups is 1. The number of sulfonamides is 1. The number of aryl methyl sites for hydroxylation is 1. The van der Waals surface area contributed by atoms with E-state index >= 15 is 0 Å². The Kier molecular flexibility index (Phi) is 7.11. The summed E-state index contributed by atoms with van der Waals surface area (Å²) < 4.78 is 27.8. The van der Waals surface area contributed by atoms with Crippen LogP contribution in [0.5, 0.6) is 0 Å². The van der Waals surface area contributed by atoms with Crippen molar-refractivity contribution in [2.45, 2.75) is 24.8 Å². The molecule has 1 aliphatic heterocycles. The highest BCUT2D eigenvalue weighted by Crippen LogP contribution is 2.18. The van der Waals surface area contributed by atoms with Crippen molar-refractivity contribution < 1.29 is 13.2 Å². The molecular formula is C26H29N3O3S. The molecule has 0 radical (unpaired) electrons. The van der Waals surface area contributed by atoms with Crippen LogP contribution in [-0.4, -0.2) is 50.3 Å². The van der Waals surface area contributed by atoms with Crippen molar-refractivity contribution in [2.24, 2.45) is 0 Å². The van der Waals surface area contributed by atoms with E-state index in [1.54, 1.807) is 36.4 Å². The monoisotopic (exact) mass is 463 g/mol. The van der Waals surface area contributed by atoms with Crippen LogP contribution in [0.1, 0.15) is 27.9 Å². The zero-order valence-corrected chi connectivity index (χ0v) is 19.6. The van der Waals surface area contributed by atoms with Gasteiger partial charge in [0.05, 0.1) is 4.90 Å². The number of anilines is 1. The Labute approximate surface area is 195 Å². The number of benzene rings is 3. The molecule has 0 bridgehead atoms. The number of para-hydroxylation sites is 1. The first-order valence-electron chi connectivity index (χ1n) is 11.2. The molecule has 4 rings (SSSR count). The number of hydrogen-bond donors (Lipinski definition) is 1. The van der Waals surface area contributed by atoms with E-state index in [-0.39, 0.29) is 10.8 Å². The van der Waals surface area contributed by atoms with Gasteiger partial charge in [0, 0.05) is 44.0 Å². The molecule has 0 spiro atoms. The van der Waals surface area contributed by atoms with Crippen molar-refractivity contribution >= 4 is 21.6 Å². The minimum Gasteiger partial charge on any atom is -0.337 e. The van der Waals surface area contributed by atoms with Crippen molar-refractivity contribution in [1.82, 2.24) is 9.80 Å². The van der Waals surface area contributed by atoms with E-state index in [2.05, 4.69) is 40.8 Å². The number of amides is 1. The number of rotatable bonds is 6. The van der Waals surface area contributed by atoms with Gasteiger partial charge in [-0.25, -0.2) is 8.42 Å². The Hall–Kier alpha value is -3.16. The van der Waals surface area contributed by atoms with Crippen LogP contribution in [0.3, 0.4) is 0 Å². The molecule has 172 valence electrons. The summed E-state index contributed by atoms with van der Waals surface area (Å²) in [6.45, 7) is 6.07. The van der Waals surface area contributed by atoms with Gasteiger partial charge in [0.15, 0.2) is 0 Å². The molecule has 1 amide bonds. The fourth-order valence-corrected chi connectivity index (χ4v) is 5.02. The van der Waals surface area contributed by atoms with Crippen molar-refractivity contribution in [3.05, 3.63) is 95.6 Å². The third-order valence-corrected chi connectivity index (χ3v) is 7.24. The molecule has 0 aliphatic carbocycles. The quantitative estimate of drug-likeness (QED) is 0.596. The average molecular weight is 464 g/mol. The van der Waals surface area contributed by atoms with Gasteiger partial charge in [0.25, 0.3) is 15.9 Å².